The first kappa shape index (κ1) is 45.5. The molecule has 5 amide bonds. The quantitative estimate of drug-likeness (QED) is 0.190. The van der Waals surface area contributed by atoms with E-state index in [4.69, 9.17) is 26.4 Å². The number of likely N-dealkylation sites (tertiary alicyclic amines) is 3. The Kier molecular flexibility index (Phi) is 13.4. The number of hydrogen-bond donors (Lipinski definition) is 3. The Morgan fingerprint density at radius 3 is 2.44 bits per heavy atom. The van der Waals surface area contributed by atoms with Gasteiger partial charge in [0.15, 0.2) is 0 Å². The third-order valence-corrected chi connectivity index (χ3v) is 14.0. The molecular formula is C46H56ClF2N9O6. The maximum absolute atomic E-state index is 16.3. The van der Waals surface area contributed by atoms with Crippen molar-refractivity contribution >= 4 is 57.8 Å². The number of pyridine rings is 2. The van der Waals surface area contributed by atoms with Gasteiger partial charge in [0.25, 0.3) is 11.8 Å². The fourth-order valence-electron chi connectivity index (χ4n) is 10.2. The largest absolute Gasteiger partial charge is 0.400 e. The summed E-state index contributed by atoms with van der Waals surface area (Å²) >= 11 is 6.42. The van der Waals surface area contributed by atoms with Crippen molar-refractivity contribution < 1.29 is 37.8 Å². The van der Waals surface area contributed by atoms with Crippen molar-refractivity contribution in [3.8, 4) is 11.3 Å². The molecular weight excluding hydrogens is 848 g/mol. The first-order chi connectivity index (χ1) is 30.7. The highest BCUT2D eigenvalue weighted by Gasteiger charge is 2.50. The SMILES string of the molecule is CC(=O)Nc1cc2c(-c3cc(CN4CCC(N5CCC6(CCN(C(=O)c7ccc(Cl)c(N8CCC(=O)NC8=O)c7)CC6)CC5)C(F)(F)C4)cc(C4CCOC4)n3)cn(C)c2cn1.CO. The van der Waals surface area contributed by atoms with Crippen LogP contribution in [0.1, 0.15) is 79.4 Å². The number of benzene rings is 1. The Bertz CT molecular complexity index is 2410. The van der Waals surface area contributed by atoms with Gasteiger partial charge >= 0.3 is 6.03 Å². The number of imide groups is 1. The van der Waals surface area contributed by atoms with Crippen LogP contribution in [0.3, 0.4) is 0 Å². The van der Waals surface area contributed by atoms with Gasteiger partial charge in [0.1, 0.15) is 5.82 Å². The number of aromatic nitrogens is 3. The second kappa shape index (κ2) is 18.8. The number of fused-ring (bicyclic) bond motifs is 1. The first-order valence-electron chi connectivity index (χ1n) is 22.0. The van der Waals surface area contributed by atoms with E-state index in [1.165, 1.54) is 11.8 Å². The van der Waals surface area contributed by atoms with Crippen LogP contribution in [0.4, 0.5) is 25.1 Å². The molecule has 0 radical (unpaired) electrons. The van der Waals surface area contributed by atoms with Gasteiger partial charge < -0.3 is 24.6 Å². The molecule has 2 unspecified atom stereocenters. The molecule has 1 spiro atoms. The number of aliphatic hydroxyl groups is 1. The van der Waals surface area contributed by atoms with Crippen molar-refractivity contribution in [1.82, 2.24) is 34.6 Å². The number of anilines is 2. The highest BCUT2D eigenvalue weighted by atomic mass is 35.5. The van der Waals surface area contributed by atoms with E-state index in [2.05, 4.69) is 21.7 Å². The van der Waals surface area contributed by atoms with Crippen LogP contribution in [0.2, 0.25) is 5.02 Å². The summed E-state index contributed by atoms with van der Waals surface area (Å²) in [7, 11) is 2.94. The van der Waals surface area contributed by atoms with Gasteiger partial charge in [-0.25, -0.2) is 18.6 Å². The molecule has 3 N–H and O–H groups in total. The maximum Gasteiger partial charge on any atom is 0.328 e. The molecule has 5 saturated heterocycles. The highest BCUT2D eigenvalue weighted by Crippen LogP contribution is 2.44. The molecule has 5 aliphatic rings. The number of alkyl halides is 2. The molecule has 3 aromatic heterocycles. The van der Waals surface area contributed by atoms with Crippen LogP contribution in [0.25, 0.3) is 22.2 Å². The Hall–Kier alpha value is -5.07. The summed E-state index contributed by atoms with van der Waals surface area (Å²) in [5.74, 6) is -3.05. The predicted octanol–water partition coefficient (Wildman–Crippen LogP) is 6.03. The molecule has 342 valence electrons. The molecule has 64 heavy (non-hydrogen) atoms. The molecule has 0 saturated carbocycles. The highest BCUT2D eigenvalue weighted by molar-refractivity contribution is 6.34. The topological polar surface area (TPSA) is 165 Å². The Morgan fingerprint density at radius 1 is 1.00 bits per heavy atom. The number of urea groups is 1. The summed E-state index contributed by atoms with van der Waals surface area (Å²) < 4.78 is 40.3. The van der Waals surface area contributed by atoms with E-state index in [9.17, 15) is 19.2 Å². The lowest BCUT2D eigenvalue weighted by molar-refractivity contribution is -0.139. The van der Waals surface area contributed by atoms with E-state index in [1.54, 1.807) is 24.4 Å². The molecule has 5 fully saturated rings. The first-order valence-corrected chi connectivity index (χ1v) is 22.4. The van der Waals surface area contributed by atoms with Crippen LogP contribution in [0.5, 0.6) is 0 Å². The van der Waals surface area contributed by atoms with Gasteiger partial charge in [-0.05, 0) is 99.0 Å². The van der Waals surface area contributed by atoms with Gasteiger partial charge in [-0.2, -0.15) is 0 Å². The van der Waals surface area contributed by atoms with Gasteiger partial charge in [-0.1, -0.05) is 11.6 Å². The number of carbonyl (C=O) groups excluding carboxylic acids is 4. The number of ether oxygens (including phenoxy) is 1. The lowest BCUT2D eigenvalue weighted by atomic mass is 9.70. The fraction of sp³-hybridized carbons (Fsp3) is 0.522. The number of rotatable bonds is 8. The van der Waals surface area contributed by atoms with Crippen LogP contribution >= 0.6 is 11.6 Å². The molecule has 9 rings (SSSR count). The minimum absolute atomic E-state index is 0.0000655. The van der Waals surface area contributed by atoms with Crippen LogP contribution < -0.4 is 15.5 Å². The van der Waals surface area contributed by atoms with Gasteiger partial charge in [0.05, 0.1) is 47.3 Å². The number of carbonyl (C=O) groups is 4. The van der Waals surface area contributed by atoms with Crippen LogP contribution in [0.15, 0.2) is 48.8 Å². The average molecular weight is 904 g/mol. The van der Waals surface area contributed by atoms with Gasteiger partial charge in [0, 0.05) is 101 Å². The lowest BCUT2D eigenvalue weighted by Crippen LogP contribution is -2.60. The van der Waals surface area contributed by atoms with Crippen LogP contribution in [-0.2, 0) is 27.9 Å². The molecule has 8 heterocycles. The maximum atomic E-state index is 16.3. The van der Waals surface area contributed by atoms with Crippen LogP contribution in [-0.4, -0.2) is 136 Å². The van der Waals surface area contributed by atoms with Crippen molar-refractivity contribution in [3.63, 3.8) is 0 Å². The fourth-order valence-corrected chi connectivity index (χ4v) is 10.4. The number of piperidine rings is 3. The molecule has 0 bridgehead atoms. The van der Waals surface area contributed by atoms with Crippen LogP contribution in [0, 0.1) is 5.41 Å². The minimum atomic E-state index is -2.90. The molecule has 1 aromatic carbocycles. The molecule has 2 atom stereocenters. The molecule has 18 heteroatoms. The van der Waals surface area contributed by atoms with E-state index in [-0.39, 0.29) is 48.6 Å². The predicted molar refractivity (Wildman–Crippen MR) is 239 cm³/mol. The number of amides is 5. The third kappa shape index (κ3) is 9.50. The van der Waals surface area contributed by atoms with Gasteiger partial charge in [0.2, 0.25) is 11.8 Å². The summed E-state index contributed by atoms with van der Waals surface area (Å²) in [6, 6.07) is 9.38. The van der Waals surface area contributed by atoms with Crippen molar-refractivity contribution in [2.75, 3.05) is 76.4 Å². The zero-order valence-electron chi connectivity index (χ0n) is 36.5. The average Bonchev–Trinajstić information content (AvgIpc) is 3.93. The second-order valence-electron chi connectivity index (χ2n) is 17.8. The van der Waals surface area contributed by atoms with Crippen molar-refractivity contribution in [1.29, 1.82) is 0 Å². The summed E-state index contributed by atoms with van der Waals surface area (Å²) in [5, 5.41) is 13.3. The Balaban J connectivity index is 0.00000276. The number of hydrogen-bond acceptors (Lipinski definition) is 10. The van der Waals surface area contributed by atoms with E-state index >= 15 is 8.78 Å². The number of aryl methyl sites for hydroxylation is 1. The summed E-state index contributed by atoms with van der Waals surface area (Å²) in [6.45, 7) is 5.74. The van der Waals surface area contributed by atoms with Gasteiger partial charge in [-0.3, -0.25) is 39.4 Å². The molecule has 4 aromatic rings. The molecule has 5 aliphatic heterocycles. The lowest BCUT2D eigenvalue weighted by Gasteiger charge is -2.51. The molecule has 15 nitrogen and oxygen atoms in total. The zero-order chi connectivity index (χ0) is 45.3. The Labute approximate surface area is 376 Å². The normalized spacial score (nSPS) is 22.6. The monoisotopic (exact) mass is 903 g/mol. The second-order valence-corrected chi connectivity index (χ2v) is 18.2. The number of nitrogens with zero attached hydrogens (tertiary/aromatic N) is 7. The zero-order valence-corrected chi connectivity index (χ0v) is 37.3. The van der Waals surface area contributed by atoms with Crippen molar-refractivity contribution in [2.45, 2.75) is 76.3 Å². The van der Waals surface area contributed by atoms with E-state index in [0.29, 0.717) is 81.0 Å². The van der Waals surface area contributed by atoms with E-state index < -0.39 is 18.0 Å². The van der Waals surface area contributed by atoms with E-state index in [0.717, 1.165) is 72.6 Å². The number of halogens is 3. The standard InChI is InChI=1S/C45H52ClF2N9O5.CH4O/c1-28(58)50-40-22-32-33(25-53(2)38(32)23-49-40)36-20-29(19-35(51-36)31-7-18-62-26-31)24-54-12-5-39(45(47,48)27-54)55-14-8-44(9-15-55)10-16-56(17-11-44)42(60)30-3-4-34(46)37(21-30)57-13-6-41(59)52-43(57)61;1-2/h3-4,19-23,25,31,39H,5-18,24,26-27H2,1-2H3,(H,49,50,58)(H,52,59,61);2H,1H3. The van der Waals surface area contributed by atoms with Gasteiger partial charge in [-0.15, -0.1) is 0 Å². The van der Waals surface area contributed by atoms with E-state index in [1.807, 2.05) is 44.6 Å². The summed E-state index contributed by atoms with van der Waals surface area (Å²) in [5.41, 5.74) is 5.13. The Morgan fingerprint density at radius 2 is 1.75 bits per heavy atom. The van der Waals surface area contributed by atoms with Crippen molar-refractivity contribution in [2.24, 2.45) is 12.5 Å². The number of aliphatic hydroxyl groups excluding tert-OH is 1. The van der Waals surface area contributed by atoms with Crippen molar-refractivity contribution in [3.05, 3.63) is 70.6 Å². The number of nitrogens with one attached hydrogen (secondary N) is 2. The smallest absolute Gasteiger partial charge is 0.328 e. The summed E-state index contributed by atoms with van der Waals surface area (Å²) in [6.07, 6.45) is 8.29. The minimum Gasteiger partial charge on any atom is -0.400 e. The molecule has 0 aliphatic carbocycles. The third-order valence-electron chi connectivity index (χ3n) is 13.7. The summed E-state index contributed by atoms with van der Waals surface area (Å²) in [4.78, 5) is 66.2.